The molecular weight excluding hydrogens is 180 g/mol. The molecule has 0 fully saturated rings. The zero-order valence-corrected chi connectivity index (χ0v) is 8.37. The van der Waals surface area contributed by atoms with Crippen molar-refractivity contribution in [3.63, 3.8) is 0 Å². The Labute approximate surface area is 82.6 Å². The van der Waals surface area contributed by atoms with E-state index in [-0.39, 0.29) is 11.9 Å². The van der Waals surface area contributed by atoms with Gasteiger partial charge in [-0.3, -0.25) is 9.89 Å². The van der Waals surface area contributed by atoms with E-state index < -0.39 is 0 Å². The van der Waals surface area contributed by atoms with E-state index in [2.05, 4.69) is 27.1 Å². The van der Waals surface area contributed by atoms with E-state index in [1.165, 1.54) is 6.08 Å². The average Bonchev–Trinajstić information content (AvgIpc) is 2.60. The molecule has 76 valence electrons. The standard InChI is InChI=1S/C9H14N4O/c1-4-7(11-8(14)5-2)9-10-6(3)12-13-9/h5,7H,2,4H2,1,3H3,(H,11,14)(H,10,12,13)/t7-/m0/s1. The summed E-state index contributed by atoms with van der Waals surface area (Å²) in [6, 6.07) is -0.148. The number of nitrogens with zero attached hydrogens (tertiary/aromatic N) is 2. The van der Waals surface area contributed by atoms with Crippen molar-refractivity contribution in [1.29, 1.82) is 0 Å². The summed E-state index contributed by atoms with van der Waals surface area (Å²) in [5.41, 5.74) is 0. The van der Waals surface area contributed by atoms with Gasteiger partial charge in [0.2, 0.25) is 5.91 Å². The van der Waals surface area contributed by atoms with Crippen LogP contribution in [0, 0.1) is 6.92 Å². The quantitative estimate of drug-likeness (QED) is 0.698. The molecule has 14 heavy (non-hydrogen) atoms. The highest BCUT2D eigenvalue weighted by atomic mass is 16.1. The zero-order chi connectivity index (χ0) is 10.6. The molecule has 1 heterocycles. The van der Waals surface area contributed by atoms with Crippen molar-refractivity contribution < 1.29 is 4.79 Å². The summed E-state index contributed by atoms with van der Waals surface area (Å²) in [7, 11) is 0. The molecule has 1 amide bonds. The second-order valence-electron chi connectivity index (χ2n) is 2.95. The van der Waals surface area contributed by atoms with Gasteiger partial charge in [-0.15, -0.1) is 0 Å². The van der Waals surface area contributed by atoms with Crippen LogP contribution in [0.15, 0.2) is 12.7 Å². The van der Waals surface area contributed by atoms with Crippen LogP contribution >= 0.6 is 0 Å². The lowest BCUT2D eigenvalue weighted by molar-refractivity contribution is -0.117. The zero-order valence-electron chi connectivity index (χ0n) is 8.37. The topological polar surface area (TPSA) is 70.7 Å². The first-order valence-electron chi connectivity index (χ1n) is 4.49. The molecule has 0 aliphatic rings. The Bertz CT molecular complexity index is 331. The molecule has 0 bridgehead atoms. The number of aromatic amines is 1. The van der Waals surface area contributed by atoms with Gasteiger partial charge >= 0.3 is 0 Å². The fourth-order valence-corrected chi connectivity index (χ4v) is 1.10. The highest BCUT2D eigenvalue weighted by Gasteiger charge is 2.14. The van der Waals surface area contributed by atoms with Crippen molar-refractivity contribution in [3.05, 3.63) is 24.3 Å². The van der Waals surface area contributed by atoms with E-state index in [9.17, 15) is 4.79 Å². The van der Waals surface area contributed by atoms with Crippen molar-refractivity contribution in [3.8, 4) is 0 Å². The number of rotatable bonds is 4. The molecule has 0 aliphatic heterocycles. The normalized spacial score (nSPS) is 12.1. The van der Waals surface area contributed by atoms with Crippen molar-refractivity contribution in [2.75, 3.05) is 0 Å². The van der Waals surface area contributed by atoms with Crippen molar-refractivity contribution >= 4 is 5.91 Å². The van der Waals surface area contributed by atoms with E-state index in [1.54, 1.807) is 0 Å². The molecule has 0 aliphatic carbocycles. The van der Waals surface area contributed by atoms with Gasteiger partial charge < -0.3 is 5.32 Å². The summed E-state index contributed by atoms with van der Waals surface area (Å²) in [5, 5.41) is 9.47. The average molecular weight is 194 g/mol. The Hall–Kier alpha value is -1.65. The molecule has 0 saturated heterocycles. The minimum Gasteiger partial charge on any atom is -0.342 e. The number of amides is 1. The fraction of sp³-hybridized carbons (Fsp3) is 0.444. The van der Waals surface area contributed by atoms with Crippen molar-refractivity contribution in [1.82, 2.24) is 20.5 Å². The minimum atomic E-state index is -0.209. The monoisotopic (exact) mass is 194 g/mol. The van der Waals surface area contributed by atoms with Gasteiger partial charge in [-0.05, 0) is 19.4 Å². The predicted molar refractivity (Wildman–Crippen MR) is 52.5 cm³/mol. The molecule has 1 aromatic heterocycles. The first-order valence-corrected chi connectivity index (χ1v) is 4.49. The lowest BCUT2D eigenvalue weighted by Gasteiger charge is -2.11. The van der Waals surface area contributed by atoms with E-state index >= 15 is 0 Å². The van der Waals surface area contributed by atoms with Crippen LogP contribution in [0.4, 0.5) is 0 Å². The second kappa shape index (κ2) is 4.55. The summed E-state index contributed by atoms with van der Waals surface area (Å²) in [6.45, 7) is 7.16. The van der Waals surface area contributed by atoms with Gasteiger partial charge in [0.15, 0.2) is 5.82 Å². The van der Waals surface area contributed by atoms with Crippen LogP contribution in [0.3, 0.4) is 0 Å². The molecule has 1 atom stereocenters. The van der Waals surface area contributed by atoms with Crippen LogP contribution in [-0.2, 0) is 4.79 Å². The molecule has 2 N–H and O–H groups in total. The Balaban J connectivity index is 2.71. The number of hydrogen-bond acceptors (Lipinski definition) is 3. The summed E-state index contributed by atoms with van der Waals surface area (Å²) in [6.07, 6.45) is 1.99. The molecule has 0 saturated carbocycles. The summed E-state index contributed by atoms with van der Waals surface area (Å²) in [4.78, 5) is 15.2. The fourth-order valence-electron chi connectivity index (χ4n) is 1.10. The molecule has 5 nitrogen and oxygen atoms in total. The third kappa shape index (κ3) is 2.42. The number of aromatic nitrogens is 3. The number of carbonyl (C=O) groups is 1. The van der Waals surface area contributed by atoms with Crippen molar-refractivity contribution in [2.24, 2.45) is 0 Å². The van der Waals surface area contributed by atoms with E-state index in [4.69, 9.17) is 0 Å². The first kappa shape index (κ1) is 10.4. The summed E-state index contributed by atoms with van der Waals surface area (Å²) < 4.78 is 0. The number of nitrogens with one attached hydrogen (secondary N) is 2. The number of aryl methyl sites for hydroxylation is 1. The highest BCUT2D eigenvalue weighted by molar-refractivity contribution is 5.87. The molecular formula is C9H14N4O. The van der Waals surface area contributed by atoms with Gasteiger partial charge in [0, 0.05) is 0 Å². The number of hydrogen-bond donors (Lipinski definition) is 2. The first-order chi connectivity index (χ1) is 6.67. The maximum atomic E-state index is 11.1. The smallest absolute Gasteiger partial charge is 0.243 e. The van der Waals surface area contributed by atoms with Crippen LogP contribution in [0.1, 0.15) is 31.0 Å². The van der Waals surface area contributed by atoms with Gasteiger partial charge in [-0.1, -0.05) is 13.5 Å². The van der Waals surface area contributed by atoms with Gasteiger partial charge in [0.1, 0.15) is 5.82 Å². The Morgan fingerprint density at radius 3 is 2.93 bits per heavy atom. The van der Waals surface area contributed by atoms with Gasteiger partial charge in [-0.2, -0.15) is 5.10 Å². The summed E-state index contributed by atoms with van der Waals surface area (Å²) in [5.74, 6) is 1.14. The lowest BCUT2D eigenvalue weighted by Crippen LogP contribution is -2.27. The Morgan fingerprint density at radius 1 is 1.79 bits per heavy atom. The van der Waals surface area contributed by atoms with Crippen LogP contribution in [0.25, 0.3) is 0 Å². The van der Waals surface area contributed by atoms with Crippen molar-refractivity contribution in [2.45, 2.75) is 26.3 Å². The number of H-pyrrole nitrogens is 1. The van der Waals surface area contributed by atoms with Gasteiger partial charge in [-0.25, -0.2) is 4.98 Å². The third-order valence-corrected chi connectivity index (χ3v) is 1.84. The molecule has 0 unspecified atom stereocenters. The SMILES string of the molecule is C=CC(=O)N[C@@H](CC)c1n[nH]c(C)n1. The minimum absolute atomic E-state index is 0.148. The molecule has 0 spiro atoms. The highest BCUT2D eigenvalue weighted by Crippen LogP contribution is 2.10. The lowest BCUT2D eigenvalue weighted by atomic mass is 10.2. The Morgan fingerprint density at radius 2 is 2.50 bits per heavy atom. The second-order valence-corrected chi connectivity index (χ2v) is 2.95. The van der Waals surface area contributed by atoms with Crippen LogP contribution < -0.4 is 5.32 Å². The summed E-state index contributed by atoms with van der Waals surface area (Å²) >= 11 is 0. The van der Waals surface area contributed by atoms with Crippen LogP contribution in [-0.4, -0.2) is 21.1 Å². The Kier molecular flexibility index (Phi) is 3.39. The van der Waals surface area contributed by atoms with Crippen LogP contribution in [0.5, 0.6) is 0 Å². The van der Waals surface area contributed by atoms with E-state index in [0.29, 0.717) is 5.82 Å². The number of carbonyl (C=O) groups excluding carboxylic acids is 1. The molecule has 5 heteroatoms. The largest absolute Gasteiger partial charge is 0.342 e. The molecule has 1 rings (SSSR count). The van der Waals surface area contributed by atoms with Crippen LogP contribution in [0.2, 0.25) is 0 Å². The van der Waals surface area contributed by atoms with Gasteiger partial charge in [0.05, 0.1) is 6.04 Å². The van der Waals surface area contributed by atoms with Gasteiger partial charge in [0.25, 0.3) is 0 Å². The van der Waals surface area contributed by atoms with E-state index in [0.717, 1.165) is 12.2 Å². The maximum Gasteiger partial charge on any atom is 0.243 e. The molecule has 0 radical (unpaired) electrons. The third-order valence-electron chi connectivity index (χ3n) is 1.84. The maximum absolute atomic E-state index is 11.1. The molecule has 0 aromatic carbocycles. The molecule has 1 aromatic rings. The predicted octanol–water partition coefficient (Wildman–Crippen LogP) is 0.866. The van der Waals surface area contributed by atoms with E-state index in [1.807, 2.05) is 13.8 Å².